The van der Waals surface area contributed by atoms with Gasteiger partial charge in [0.05, 0.1) is 5.41 Å². The van der Waals surface area contributed by atoms with E-state index in [9.17, 15) is 0 Å². The quantitative estimate of drug-likeness (QED) is 0.885. The third-order valence-corrected chi connectivity index (χ3v) is 3.73. The molecule has 4 heteroatoms. The van der Waals surface area contributed by atoms with Crippen molar-refractivity contribution in [3.8, 4) is 0 Å². The van der Waals surface area contributed by atoms with Crippen molar-refractivity contribution in [1.82, 2.24) is 10.1 Å². The van der Waals surface area contributed by atoms with Crippen molar-refractivity contribution >= 4 is 0 Å². The van der Waals surface area contributed by atoms with Gasteiger partial charge in [0.1, 0.15) is 0 Å². The van der Waals surface area contributed by atoms with E-state index in [4.69, 9.17) is 10.3 Å². The fourth-order valence-electron chi connectivity index (χ4n) is 2.49. The first-order valence-corrected chi connectivity index (χ1v) is 7.53. The van der Waals surface area contributed by atoms with Crippen molar-refractivity contribution in [2.75, 3.05) is 0 Å². The molecule has 1 aromatic heterocycles. The van der Waals surface area contributed by atoms with E-state index in [0.29, 0.717) is 24.1 Å². The molecular formula is C17H25N3O. The average Bonchev–Trinajstić information content (AvgIpc) is 2.88. The molecule has 1 heterocycles. The molecule has 1 aromatic carbocycles. The van der Waals surface area contributed by atoms with E-state index in [-0.39, 0.29) is 11.5 Å². The van der Waals surface area contributed by atoms with Crippen molar-refractivity contribution < 1.29 is 4.52 Å². The van der Waals surface area contributed by atoms with Gasteiger partial charge in [-0.2, -0.15) is 4.98 Å². The van der Waals surface area contributed by atoms with Crippen LogP contribution in [0.2, 0.25) is 0 Å². The number of nitrogens with two attached hydrogens (primary N) is 1. The zero-order valence-electron chi connectivity index (χ0n) is 13.3. The largest absolute Gasteiger partial charge is 0.339 e. The van der Waals surface area contributed by atoms with Crippen LogP contribution < -0.4 is 5.73 Å². The van der Waals surface area contributed by atoms with Gasteiger partial charge in [-0.15, -0.1) is 0 Å². The molecule has 0 saturated heterocycles. The van der Waals surface area contributed by atoms with Gasteiger partial charge in [0, 0.05) is 12.5 Å². The highest BCUT2D eigenvalue weighted by Crippen LogP contribution is 2.29. The standard InChI is InChI=1S/C17H25N3O/c1-12(2)10-14(18)11-15-19-16(20-21-15)17(3,4)13-8-6-5-7-9-13/h5-9,12,14H,10-11,18H2,1-4H3. The fraction of sp³-hybridized carbons (Fsp3) is 0.529. The number of nitrogens with zero attached hydrogens (tertiary/aromatic N) is 2. The Bertz CT molecular complexity index is 560. The molecule has 0 amide bonds. The number of aromatic nitrogens is 2. The molecule has 2 rings (SSSR count). The normalized spacial score (nSPS) is 13.6. The predicted molar refractivity (Wildman–Crippen MR) is 84.0 cm³/mol. The van der Waals surface area contributed by atoms with Gasteiger partial charge in [-0.25, -0.2) is 0 Å². The molecule has 0 aliphatic rings. The van der Waals surface area contributed by atoms with E-state index < -0.39 is 0 Å². The number of hydrogen-bond acceptors (Lipinski definition) is 4. The van der Waals surface area contributed by atoms with Gasteiger partial charge in [0.2, 0.25) is 5.89 Å². The minimum Gasteiger partial charge on any atom is -0.339 e. The van der Waals surface area contributed by atoms with Gasteiger partial charge >= 0.3 is 0 Å². The van der Waals surface area contributed by atoms with Gasteiger partial charge < -0.3 is 10.3 Å². The fourth-order valence-corrected chi connectivity index (χ4v) is 2.49. The van der Waals surface area contributed by atoms with Crippen LogP contribution in [0.1, 0.15) is 51.4 Å². The Morgan fingerprint density at radius 1 is 1.19 bits per heavy atom. The molecule has 2 aromatic rings. The van der Waals surface area contributed by atoms with Gasteiger partial charge in [-0.1, -0.05) is 49.3 Å². The Labute approximate surface area is 126 Å². The Morgan fingerprint density at radius 2 is 1.86 bits per heavy atom. The first-order chi connectivity index (χ1) is 9.89. The van der Waals surface area contributed by atoms with Crippen molar-refractivity contribution in [2.45, 2.75) is 52.0 Å². The summed E-state index contributed by atoms with van der Waals surface area (Å²) >= 11 is 0. The lowest BCUT2D eigenvalue weighted by Gasteiger charge is -2.20. The lowest BCUT2D eigenvalue weighted by atomic mass is 9.84. The lowest BCUT2D eigenvalue weighted by Crippen LogP contribution is -2.25. The van der Waals surface area contributed by atoms with E-state index >= 15 is 0 Å². The molecular weight excluding hydrogens is 262 g/mol. The topological polar surface area (TPSA) is 64.9 Å². The molecule has 21 heavy (non-hydrogen) atoms. The highest BCUT2D eigenvalue weighted by atomic mass is 16.5. The van der Waals surface area contributed by atoms with E-state index in [1.807, 2.05) is 18.2 Å². The van der Waals surface area contributed by atoms with Gasteiger partial charge in [0.15, 0.2) is 5.82 Å². The molecule has 0 bridgehead atoms. The summed E-state index contributed by atoms with van der Waals surface area (Å²) in [6.45, 7) is 8.53. The molecule has 0 spiro atoms. The van der Waals surface area contributed by atoms with Crippen LogP contribution in [-0.2, 0) is 11.8 Å². The molecule has 0 fully saturated rings. The van der Waals surface area contributed by atoms with Crippen LogP contribution in [0.3, 0.4) is 0 Å². The van der Waals surface area contributed by atoms with Crippen LogP contribution in [0.15, 0.2) is 34.9 Å². The molecule has 0 radical (unpaired) electrons. The molecule has 0 aliphatic heterocycles. The summed E-state index contributed by atoms with van der Waals surface area (Å²) < 4.78 is 5.38. The minimum atomic E-state index is -0.273. The summed E-state index contributed by atoms with van der Waals surface area (Å²) in [6.07, 6.45) is 1.59. The second kappa shape index (κ2) is 6.39. The highest BCUT2D eigenvalue weighted by molar-refractivity contribution is 5.30. The van der Waals surface area contributed by atoms with Gasteiger partial charge in [-0.3, -0.25) is 0 Å². The van der Waals surface area contributed by atoms with Crippen LogP contribution in [0.5, 0.6) is 0 Å². The van der Waals surface area contributed by atoms with Crippen molar-refractivity contribution in [3.63, 3.8) is 0 Å². The third kappa shape index (κ3) is 3.91. The smallest absolute Gasteiger partial charge is 0.228 e. The number of rotatable bonds is 6. The van der Waals surface area contributed by atoms with Gasteiger partial charge in [-0.05, 0) is 31.7 Å². The summed E-state index contributed by atoms with van der Waals surface area (Å²) in [5.74, 6) is 1.91. The Kier molecular flexibility index (Phi) is 4.78. The summed E-state index contributed by atoms with van der Waals surface area (Å²) in [5, 5.41) is 4.15. The summed E-state index contributed by atoms with van der Waals surface area (Å²) in [7, 11) is 0. The van der Waals surface area contributed by atoms with E-state index in [1.165, 1.54) is 5.56 Å². The SMILES string of the molecule is CC(C)CC(N)Cc1nc(C(C)(C)c2ccccc2)no1. The van der Waals surface area contributed by atoms with Crippen molar-refractivity contribution in [3.05, 3.63) is 47.6 Å². The monoisotopic (exact) mass is 287 g/mol. The maximum Gasteiger partial charge on any atom is 0.228 e. The van der Waals surface area contributed by atoms with Crippen LogP contribution in [0, 0.1) is 5.92 Å². The zero-order chi connectivity index (χ0) is 15.5. The Morgan fingerprint density at radius 3 is 2.48 bits per heavy atom. The summed E-state index contributed by atoms with van der Waals surface area (Å²) in [4.78, 5) is 4.55. The van der Waals surface area contributed by atoms with E-state index in [0.717, 1.165) is 6.42 Å². The molecule has 1 atom stereocenters. The summed E-state index contributed by atoms with van der Waals surface area (Å²) in [6, 6.07) is 10.3. The molecule has 4 nitrogen and oxygen atoms in total. The Hall–Kier alpha value is -1.68. The molecule has 0 aliphatic carbocycles. The predicted octanol–water partition coefficient (Wildman–Crippen LogP) is 3.31. The van der Waals surface area contributed by atoms with Crippen LogP contribution in [-0.4, -0.2) is 16.2 Å². The third-order valence-electron chi connectivity index (χ3n) is 3.73. The first-order valence-electron chi connectivity index (χ1n) is 7.53. The number of hydrogen-bond donors (Lipinski definition) is 1. The zero-order valence-corrected chi connectivity index (χ0v) is 13.3. The number of benzene rings is 1. The molecule has 0 saturated carbocycles. The van der Waals surface area contributed by atoms with Gasteiger partial charge in [0.25, 0.3) is 0 Å². The lowest BCUT2D eigenvalue weighted by molar-refractivity contribution is 0.350. The van der Waals surface area contributed by atoms with Crippen molar-refractivity contribution in [1.29, 1.82) is 0 Å². The Balaban J connectivity index is 2.12. The first kappa shape index (κ1) is 15.7. The minimum absolute atomic E-state index is 0.0677. The van der Waals surface area contributed by atoms with Crippen LogP contribution >= 0.6 is 0 Å². The molecule has 114 valence electrons. The molecule has 2 N–H and O–H groups in total. The maximum atomic E-state index is 6.11. The molecule has 1 unspecified atom stereocenters. The second-order valence-corrected chi connectivity index (χ2v) is 6.60. The van der Waals surface area contributed by atoms with E-state index in [2.05, 4.69) is 50.0 Å². The second-order valence-electron chi connectivity index (χ2n) is 6.60. The maximum absolute atomic E-state index is 6.11. The summed E-state index contributed by atoms with van der Waals surface area (Å²) in [5.41, 5.74) is 7.01. The van der Waals surface area contributed by atoms with Crippen LogP contribution in [0.25, 0.3) is 0 Å². The average molecular weight is 287 g/mol. The van der Waals surface area contributed by atoms with Crippen LogP contribution in [0.4, 0.5) is 0 Å². The highest BCUT2D eigenvalue weighted by Gasteiger charge is 2.29. The van der Waals surface area contributed by atoms with E-state index in [1.54, 1.807) is 0 Å². The van der Waals surface area contributed by atoms with Crippen molar-refractivity contribution in [2.24, 2.45) is 11.7 Å².